The van der Waals surface area contributed by atoms with Gasteiger partial charge in [-0.1, -0.05) is 27.5 Å². The van der Waals surface area contributed by atoms with Crippen molar-refractivity contribution in [1.82, 2.24) is 9.88 Å². The lowest BCUT2D eigenvalue weighted by molar-refractivity contribution is 0.0725. The molecule has 0 saturated carbocycles. The van der Waals surface area contributed by atoms with E-state index < -0.39 is 0 Å². The Morgan fingerprint density at radius 1 is 1.34 bits per heavy atom. The minimum Gasteiger partial charge on any atom is -0.486 e. The van der Waals surface area contributed by atoms with Gasteiger partial charge in [-0.2, -0.15) is 0 Å². The largest absolute Gasteiger partial charge is 0.486 e. The van der Waals surface area contributed by atoms with Crippen LogP contribution in [0.2, 0.25) is 5.02 Å². The highest BCUT2D eigenvalue weighted by atomic mass is 79.9. The average Bonchev–Trinajstić information content (AvgIpc) is 3.16. The van der Waals surface area contributed by atoms with Crippen LogP contribution in [0.5, 0.6) is 5.75 Å². The summed E-state index contributed by atoms with van der Waals surface area (Å²) in [7, 11) is 0. The quantitative estimate of drug-likeness (QED) is 0.721. The van der Waals surface area contributed by atoms with Crippen LogP contribution in [0, 0.1) is 13.8 Å². The molecular formula is C21H22BrClN2O4. The Bertz CT molecular complexity index is 1030. The molecular weight excluding hydrogens is 460 g/mol. The third-order valence-corrected chi connectivity index (χ3v) is 6.52. The van der Waals surface area contributed by atoms with Crippen LogP contribution < -0.4 is 10.3 Å². The number of rotatable bonds is 4. The van der Waals surface area contributed by atoms with Crippen LogP contribution in [-0.2, 0) is 17.7 Å². The summed E-state index contributed by atoms with van der Waals surface area (Å²) in [5.74, 6) is 0.289. The van der Waals surface area contributed by atoms with Crippen molar-refractivity contribution in [3.63, 3.8) is 0 Å². The number of pyridine rings is 1. The Balaban J connectivity index is 1.66. The second-order valence-electron chi connectivity index (χ2n) is 7.55. The predicted octanol–water partition coefficient (Wildman–Crippen LogP) is 3.77. The van der Waals surface area contributed by atoms with E-state index in [1.165, 1.54) is 0 Å². The molecule has 1 aromatic heterocycles. The molecule has 1 fully saturated rings. The van der Waals surface area contributed by atoms with Crippen molar-refractivity contribution in [2.24, 2.45) is 0 Å². The maximum Gasteiger partial charge on any atom is 0.256 e. The van der Waals surface area contributed by atoms with E-state index in [9.17, 15) is 9.59 Å². The fourth-order valence-electron chi connectivity index (χ4n) is 3.91. The zero-order valence-corrected chi connectivity index (χ0v) is 18.7. The number of carbonyl (C=O) groups is 1. The normalized spacial score (nSPS) is 18.8. The summed E-state index contributed by atoms with van der Waals surface area (Å²) in [6, 6.07) is 3.75. The highest BCUT2D eigenvalue weighted by Gasteiger charge is 2.32. The van der Waals surface area contributed by atoms with Crippen molar-refractivity contribution in [2.45, 2.75) is 39.3 Å². The van der Waals surface area contributed by atoms with Crippen LogP contribution in [0.25, 0.3) is 0 Å². The van der Waals surface area contributed by atoms with Gasteiger partial charge in [-0.3, -0.25) is 9.59 Å². The number of hydrogen-bond acceptors (Lipinski definition) is 4. The zero-order valence-electron chi connectivity index (χ0n) is 16.3. The maximum absolute atomic E-state index is 13.3. The Hall–Kier alpha value is -1.83. The van der Waals surface area contributed by atoms with Crippen molar-refractivity contribution in [1.29, 1.82) is 0 Å². The predicted molar refractivity (Wildman–Crippen MR) is 114 cm³/mol. The van der Waals surface area contributed by atoms with Crippen molar-refractivity contribution in [2.75, 3.05) is 19.8 Å². The third kappa shape index (κ3) is 3.96. The first kappa shape index (κ1) is 20.4. The van der Waals surface area contributed by atoms with E-state index in [2.05, 4.69) is 20.9 Å². The summed E-state index contributed by atoms with van der Waals surface area (Å²) in [5.41, 5.74) is 3.43. The smallest absolute Gasteiger partial charge is 0.256 e. The number of ether oxygens (including phenoxy) is 2. The number of amides is 1. The molecule has 0 unspecified atom stereocenters. The van der Waals surface area contributed by atoms with E-state index in [-0.39, 0.29) is 24.1 Å². The molecule has 0 aliphatic carbocycles. The molecule has 0 spiro atoms. The van der Waals surface area contributed by atoms with Gasteiger partial charge in [-0.25, -0.2) is 0 Å². The van der Waals surface area contributed by atoms with Gasteiger partial charge >= 0.3 is 0 Å². The molecule has 2 aliphatic heterocycles. The second-order valence-corrected chi connectivity index (χ2v) is 8.78. The van der Waals surface area contributed by atoms with Gasteiger partial charge in [0.1, 0.15) is 11.9 Å². The first-order chi connectivity index (χ1) is 13.8. The molecule has 2 aromatic rings. The molecule has 6 nitrogen and oxygen atoms in total. The molecule has 4 rings (SSSR count). The first-order valence-electron chi connectivity index (χ1n) is 9.59. The van der Waals surface area contributed by atoms with E-state index in [0.29, 0.717) is 48.1 Å². The number of aromatic nitrogens is 1. The van der Waals surface area contributed by atoms with Crippen LogP contribution in [0.3, 0.4) is 0 Å². The first-order valence-corrected chi connectivity index (χ1v) is 10.8. The minimum atomic E-state index is -0.190. The van der Waals surface area contributed by atoms with Gasteiger partial charge < -0.3 is 19.4 Å². The van der Waals surface area contributed by atoms with Crippen molar-refractivity contribution in [3.05, 3.63) is 59.9 Å². The zero-order chi connectivity index (χ0) is 20.7. The van der Waals surface area contributed by atoms with Gasteiger partial charge in [0, 0.05) is 28.7 Å². The molecule has 154 valence electrons. The van der Waals surface area contributed by atoms with Crippen LogP contribution in [0.15, 0.2) is 21.4 Å². The molecule has 1 atom stereocenters. The SMILES string of the molecule is Cc1cc(C)c(CN2CCc3c(Br)cc(O[C@@H]4CCOC4)c(Cl)c3C2=O)c(=O)[nH]1. The lowest BCUT2D eigenvalue weighted by atomic mass is 9.97. The highest BCUT2D eigenvalue weighted by Crippen LogP contribution is 2.40. The third-order valence-electron chi connectivity index (χ3n) is 5.44. The van der Waals surface area contributed by atoms with Gasteiger partial charge in [0.25, 0.3) is 11.5 Å². The molecule has 0 bridgehead atoms. The topological polar surface area (TPSA) is 71.6 Å². The fraction of sp³-hybridized carbons (Fsp3) is 0.429. The number of aromatic amines is 1. The monoisotopic (exact) mass is 480 g/mol. The summed E-state index contributed by atoms with van der Waals surface area (Å²) in [6.07, 6.45) is 1.37. The van der Waals surface area contributed by atoms with Crippen LogP contribution >= 0.6 is 27.5 Å². The van der Waals surface area contributed by atoms with Crippen molar-refractivity contribution >= 4 is 33.4 Å². The van der Waals surface area contributed by atoms with Crippen molar-refractivity contribution in [3.8, 4) is 5.75 Å². The van der Waals surface area contributed by atoms with E-state index in [1.54, 1.807) is 4.90 Å². The summed E-state index contributed by atoms with van der Waals surface area (Å²) in [5, 5.41) is 0.319. The second kappa shape index (κ2) is 8.13. The number of carbonyl (C=O) groups excluding carboxylic acids is 1. The number of hydrogen-bond donors (Lipinski definition) is 1. The van der Waals surface area contributed by atoms with E-state index in [0.717, 1.165) is 27.7 Å². The van der Waals surface area contributed by atoms with Gasteiger partial charge in [0.2, 0.25) is 0 Å². The summed E-state index contributed by atoms with van der Waals surface area (Å²) >= 11 is 10.2. The average molecular weight is 482 g/mol. The van der Waals surface area contributed by atoms with Crippen LogP contribution in [-0.4, -0.2) is 41.7 Å². The Morgan fingerprint density at radius 2 is 2.14 bits per heavy atom. The molecule has 29 heavy (non-hydrogen) atoms. The van der Waals surface area contributed by atoms with Crippen LogP contribution in [0.1, 0.15) is 39.2 Å². The Labute approximate surface area is 182 Å². The highest BCUT2D eigenvalue weighted by molar-refractivity contribution is 9.10. The number of halogens is 2. The van der Waals surface area contributed by atoms with E-state index in [4.69, 9.17) is 21.1 Å². The summed E-state index contributed by atoms with van der Waals surface area (Å²) < 4.78 is 12.2. The van der Waals surface area contributed by atoms with E-state index in [1.807, 2.05) is 26.0 Å². The summed E-state index contributed by atoms with van der Waals surface area (Å²) in [6.45, 7) is 5.67. The fourth-order valence-corrected chi connectivity index (χ4v) is 4.80. The molecule has 3 heterocycles. The number of nitrogens with one attached hydrogen (secondary N) is 1. The van der Waals surface area contributed by atoms with E-state index >= 15 is 0 Å². The molecule has 1 saturated heterocycles. The van der Waals surface area contributed by atoms with Gasteiger partial charge in [-0.05, 0) is 43.5 Å². The number of nitrogens with zero attached hydrogens (tertiary/aromatic N) is 1. The summed E-state index contributed by atoms with van der Waals surface area (Å²) in [4.78, 5) is 30.2. The molecule has 0 radical (unpaired) electrons. The molecule has 1 aromatic carbocycles. The Kier molecular flexibility index (Phi) is 5.73. The van der Waals surface area contributed by atoms with Crippen molar-refractivity contribution < 1.29 is 14.3 Å². The minimum absolute atomic E-state index is 0.0685. The lowest BCUT2D eigenvalue weighted by Crippen LogP contribution is -2.39. The lowest BCUT2D eigenvalue weighted by Gasteiger charge is -2.31. The van der Waals surface area contributed by atoms with Gasteiger partial charge in [0.15, 0.2) is 0 Å². The maximum atomic E-state index is 13.3. The Morgan fingerprint density at radius 3 is 2.83 bits per heavy atom. The van der Waals surface area contributed by atoms with Gasteiger partial charge in [0.05, 0.1) is 30.3 Å². The molecule has 1 amide bonds. The number of benzene rings is 1. The number of H-pyrrole nitrogens is 1. The molecule has 1 N–H and O–H groups in total. The number of aryl methyl sites for hydroxylation is 2. The van der Waals surface area contributed by atoms with Gasteiger partial charge in [-0.15, -0.1) is 0 Å². The van der Waals surface area contributed by atoms with Crippen LogP contribution in [0.4, 0.5) is 0 Å². The molecule has 8 heteroatoms. The standard InChI is InChI=1S/C21H22BrClN2O4/c1-11-7-12(2)24-20(26)15(11)9-25-5-3-14-16(22)8-17(19(23)18(14)21(25)27)29-13-4-6-28-10-13/h7-8,13H,3-6,9-10H2,1-2H3,(H,24,26)/t13-/m1/s1. The molecule has 2 aliphatic rings. The number of fused-ring (bicyclic) bond motifs is 1.